The number of rotatable bonds is 5. The van der Waals surface area contributed by atoms with Gasteiger partial charge in [-0.15, -0.1) is 0 Å². The predicted molar refractivity (Wildman–Crippen MR) is 86.0 cm³/mol. The fourth-order valence-corrected chi connectivity index (χ4v) is 2.95. The molecule has 0 atom stereocenters. The fourth-order valence-electron chi connectivity index (χ4n) is 2.58. The molecule has 0 amide bonds. The van der Waals surface area contributed by atoms with Crippen molar-refractivity contribution in [3.8, 4) is 5.69 Å². The highest BCUT2D eigenvalue weighted by Crippen LogP contribution is 2.32. The third-order valence-corrected chi connectivity index (χ3v) is 4.11. The summed E-state index contributed by atoms with van der Waals surface area (Å²) >= 11 is 12.4. The summed E-state index contributed by atoms with van der Waals surface area (Å²) in [6.07, 6.45) is 1.79. The lowest BCUT2D eigenvalue weighted by Gasteiger charge is -2.08. The first-order valence-electron chi connectivity index (χ1n) is 7.08. The largest absolute Gasteiger partial charge is 0.381 e. The van der Waals surface area contributed by atoms with Crippen LogP contribution >= 0.6 is 23.2 Å². The van der Waals surface area contributed by atoms with E-state index in [4.69, 9.17) is 33.0 Å². The molecular weight excluding hydrogens is 309 g/mol. The Kier molecular flexibility index (Phi) is 4.38. The molecule has 112 valence electrons. The second-order valence-electron chi connectivity index (χ2n) is 4.91. The van der Waals surface area contributed by atoms with E-state index in [0.29, 0.717) is 16.7 Å². The first kappa shape index (κ1) is 14.7. The van der Waals surface area contributed by atoms with Crippen molar-refractivity contribution in [3.05, 3.63) is 39.5 Å². The minimum absolute atomic E-state index is 0.634. The number of aromatic nitrogens is 2. The topological polar surface area (TPSA) is 39.1 Å². The normalized spacial score (nSPS) is 13.3. The molecule has 0 aliphatic carbocycles. The van der Waals surface area contributed by atoms with Crippen LogP contribution in [0.2, 0.25) is 10.0 Å². The molecule has 1 aromatic carbocycles. The van der Waals surface area contributed by atoms with Gasteiger partial charge in [-0.25, -0.2) is 4.68 Å². The second-order valence-corrected chi connectivity index (χ2v) is 5.75. The number of hydrogen-bond acceptors (Lipinski definition) is 3. The molecule has 1 N–H and O–H groups in total. The molecule has 0 bridgehead atoms. The van der Waals surface area contributed by atoms with Gasteiger partial charge in [0.15, 0.2) is 0 Å². The van der Waals surface area contributed by atoms with Gasteiger partial charge in [0.2, 0.25) is 0 Å². The molecule has 1 aromatic heterocycles. The van der Waals surface area contributed by atoms with Gasteiger partial charge in [-0.3, -0.25) is 0 Å². The highest BCUT2D eigenvalue weighted by atomic mass is 35.5. The summed E-state index contributed by atoms with van der Waals surface area (Å²) in [4.78, 5) is 0. The van der Waals surface area contributed by atoms with Crippen LogP contribution in [0.3, 0.4) is 0 Å². The summed E-state index contributed by atoms with van der Waals surface area (Å²) in [7, 11) is 0. The lowest BCUT2D eigenvalue weighted by atomic mass is 10.1. The van der Waals surface area contributed by atoms with Gasteiger partial charge in [-0.1, -0.05) is 23.2 Å². The van der Waals surface area contributed by atoms with Crippen molar-refractivity contribution in [3.63, 3.8) is 0 Å². The van der Waals surface area contributed by atoms with Crippen molar-refractivity contribution in [2.75, 3.05) is 25.1 Å². The molecule has 0 saturated heterocycles. The van der Waals surface area contributed by atoms with Crippen LogP contribution in [0.1, 0.15) is 18.2 Å². The third-order valence-electron chi connectivity index (χ3n) is 3.56. The minimum Gasteiger partial charge on any atom is -0.381 e. The number of benzene rings is 1. The van der Waals surface area contributed by atoms with Gasteiger partial charge >= 0.3 is 0 Å². The van der Waals surface area contributed by atoms with Crippen LogP contribution in [-0.4, -0.2) is 29.5 Å². The molecule has 4 nitrogen and oxygen atoms in total. The predicted octanol–water partition coefficient (Wildman–Crippen LogP) is 3.73. The number of nitrogens with one attached hydrogen (secondary N) is 1. The lowest BCUT2D eigenvalue weighted by molar-refractivity contribution is 0.150. The van der Waals surface area contributed by atoms with E-state index >= 15 is 0 Å². The molecule has 0 saturated carbocycles. The fraction of sp³-hybridized carbons (Fsp3) is 0.400. The first-order valence-corrected chi connectivity index (χ1v) is 7.84. The van der Waals surface area contributed by atoms with Crippen LogP contribution in [0, 0.1) is 0 Å². The van der Waals surface area contributed by atoms with E-state index in [1.807, 2.05) is 17.7 Å². The van der Waals surface area contributed by atoms with E-state index in [2.05, 4.69) is 5.32 Å². The van der Waals surface area contributed by atoms with Crippen molar-refractivity contribution in [1.29, 1.82) is 0 Å². The standard InChI is InChI=1S/C15H17Cl2N3O/c1-2-21-8-6-13-11-5-7-18-15(11)20(19-13)14-9-10(16)3-4-12(14)17/h3-4,9,18H,2,5-8H2,1H3. The Bertz CT molecular complexity index is 655. The third kappa shape index (κ3) is 2.89. The summed E-state index contributed by atoms with van der Waals surface area (Å²) in [5, 5.41) is 9.37. The molecule has 3 rings (SSSR count). The zero-order valence-electron chi connectivity index (χ0n) is 11.8. The van der Waals surface area contributed by atoms with Gasteiger partial charge in [-0.2, -0.15) is 5.10 Å². The Balaban J connectivity index is 1.99. The van der Waals surface area contributed by atoms with Crippen LogP contribution in [0.15, 0.2) is 18.2 Å². The van der Waals surface area contributed by atoms with Crippen LogP contribution < -0.4 is 5.32 Å². The van der Waals surface area contributed by atoms with E-state index in [1.165, 1.54) is 5.56 Å². The smallest absolute Gasteiger partial charge is 0.133 e. The van der Waals surface area contributed by atoms with E-state index in [0.717, 1.165) is 43.2 Å². The van der Waals surface area contributed by atoms with E-state index in [-0.39, 0.29) is 0 Å². The molecule has 0 spiro atoms. The number of fused-ring (bicyclic) bond motifs is 1. The first-order chi connectivity index (χ1) is 10.2. The SMILES string of the molecule is CCOCCc1nn(-c2cc(Cl)ccc2Cl)c2c1CCN2. The van der Waals surface area contributed by atoms with Gasteiger partial charge in [0.25, 0.3) is 0 Å². The quantitative estimate of drug-likeness (QED) is 0.851. The number of halogens is 2. The average Bonchev–Trinajstić information content (AvgIpc) is 3.05. The molecule has 0 radical (unpaired) electrons. The monoisotopic (exact) mass is 325 g/mol. The number of anilines is 1. The summed E-state index contributed by atoms with van der Waals surface area (Å²) in [6.45, 7) is 4.33. The van der Waals surface area contributed by atoms with Gasteiger partial charge in [0.05, 0.1) is 23.0 Å². The van der Waals surface area contributed by atoms with Crippen molar-refractivity contribution in [2.24, 2.45) is 0 Å². The van der Waals surface area contributed by atoms with E-state index in [9.17, 15) is 0 Å². The van der Waals surface area contributed by atoms with Crippen LogP contribution in [0.25, 0.3) is 5.69 Å². The maximum atomic E-state index is 6.30. The molecule has 2 aromatic rings. The highest BCUT2D eigenvalue weighted by Gasteiger charge is 2.23. The van der Waals surface area contributed by atoms with Crippen molar-refractivity contribution < 1.29 is 4.74 Å². The Hall–Kier alpha value is -1.23. The molecule has 6 heteroatoms. The van der Waals surface area contributed by atoms with Gasteiger partial charge in [0.1, 0.15) is 5.82 Å². The maximum Gasteiger partial charge on any atom is 0.133 e. The van der Waals surface area contributed by atoms with E-state index in [1.54, 1.807) is 12.1 Å². The van der Waals surface area contributed by atoms with Gasteiger partial charge in [-0.05, 0) is 31.5 Å². The zero-order valence-corrected chi connectivity index (χ0v) is 13.3. The summed E-state index contributed by atoms with van der Waals surface area (Å²) in [6, 6.07) is 5.41. The lowest BCUT2D eigenvalue weighted by Crippen LogP contribution is -2.06. The second kappa shape index (κ2) is 6.26. The molecular formula is C15H17Cl2N3O. The van der Waals surface area contributed by atoms with E-state index < -0.39 is 0 Å². The van der Waals surface area contributed by atoms with Crippen LogP contribution in [-0.2, 0) is 17.6 Å². The van der Waals surface area contributed by atoms with Crippen LogP contribution in [0.4, 0.5) is 5.82 Å². The molecule has 1 aliphatic heterocycles. The molecule has 1 aliphatic rings. The Morgan fingerprint density at radius 3 is 3.05 bits per heavy atom. The van der Waals surface area contributed by atoms with Gasteiger partial charge < -0.3 is 10.1 Å². The number of hydrogen-bond donors (Lipinski definition) is 1. The Morgan fingerprint density at radius 1 is 1.38 bits per heavy atom. The van der Waals surface area contributed by atoms with Gasteiger partial charge in [0, 0.05) is 30.2 Å². The summed E-state index contributed by atoms with van der Waals surface area (Å²) in [5.74, 6) is 1.02. The van der Waals surface area contributed by atoms with Crippen molar-refractivity contribution in [1.82, 2.24) is 9.78 Å². The maximum absolute atomic E-state index is 6.30. The minimum atomic E-state index is 0.634. The molecule has 21 heavy (non-hydrogen) atoms. The number of nitrogens with zero attached hydrogens (tertiary/aromatic N) is 2. The highest BCUT2D eigenvalue weighted by molar-refractivity contribution is 6.34. The zero-order chi connectivity index (χ0) is 14.8. The van der Waals surface area contributed by atoms with Crippen molar-refractivity contribution in [2.45, 2.75) is 19.8 Å². The van der Waals surface area contributed by atoms with Crippen molar-refractivity contribution >= 4 is 29.0 Å². The Morgan fingerprint density at radius 2 is 2.24 bits per heavy atom. The average molecular weight is 326 g/mol. The van der Waals surface area contributed by atoms with Crippen LogP contribution in [0.5, 0.6) is 0 Å². The summed E-state index contributed by atoms with van der Waals surface area (Å²) < 4.78 is 7.30. The molecule has 2 heterocycles. The Labute approximate surface area is 134 Å². The molecule has 0 fully saturated rings. The number of ether oxygens (including phenoxy) is 1. The summed E-state index contributed by atoms with van der Waals surface area (Å²) in [5.41, 5.74) is 3.13. The molecule has 0 unspecified atom stereocenters.